The van der Waals surface area contributed by atoms with Gasteiger partial charge in [0.1, 0.15) is 11.6 Å². The van der Waals surface area contributed by atoms with Crippen molar-refractivity contribution in [3.8, 4) is 6.07 Å². The average molecular weight is 340 g/mol. The number of rotatable bonds is 4. The molecule has 0 saturated heterocycles. The summed E-state index contributed by atoms with van der Waals surface area (Å²) in [4.78, 5) is 23.1. The number of nitrogens with one attached hydrogen (secondary N) is 2. The lowest BCUT2D eigenvalue weighted by Crippen LogP contribution is -2.13. The van der Waals surface area contributed by atoms with E-state index in [1.165, 1.54) is 13.0 Å². The second kappa shape index (κ2) is 7.95. The summed E-state index contributed by atoms with van der Waals surface area (Å²) in [6, 6.07) is 15.3. The second-order valence-electron chi connectivity index (χ2n) is 4.93. The maximum atomic E-state index is 12.2. The van der Waals surface area contributed by atoms with Gasteiger partial charge in [0.15, 0.2) is 0 Å². The van der Waals surface area contributed by atoms with E-state index in [9.17, 15) is 14.9 Å². The van der Waals surface area contributed by atoms with Crippen LogP contribution in [0.5, 0.6) is 0 Å². The topological polar surface area (TPSA) is 82.0 Å². The lowest BCUT2D eigenvalue weighted by molar-refractivity contribution is -0.114. The summed E-state index contributed by atoms with van der Waals surface area (Å²) in [6.45, 7) is 1.42. The quantitative estimate of drug-likeness (QED) is 0.655. The van der Waals surface area contributed by atoms with Crippen molar-refractivity contribution in [1.82, 2.24) is 0 Å². The summed E-state index contributed by atoms with van der Waals surface area (Å²) in [5.41, 5.74) is 1.83. The van der Waals surface area contributed by atoms with E-state index >= 15 is 0 Å². The van der Waals surface area contributed by atoms with Gasteiger partial charge in [0.25, 0.3) is 5.91 Å². The molecule has 0 aliphatic rings. The van der Waals surface area contributed by atoms with Gasteiger partial charge in [0.2, 0.25) is 5.91 Å². The molecule has 2 aromatic carbocycles. The highest BCUT2D eigenvalue weighted by atomic mass is 35.5. The predicted molar refractivity (Wildman–Crippen MR) is 94.4 cm³/mol. The molecule has 0 saturated carbocycles. The van der Waals surface area contributed by atoms with E-state index in [0.29, 0.717) is 22.0 Å². The lowest BCUT2D eigenvalue weighted by atomic mass is 10.1. The summed E-state index contributed by atoms with van der Waals surface area (Å²) in [5.74, 6) is -0.677. The van der Waals surface area contributed by atoms with Gasteiger partial charge in [-0.15, -0.1) is 0 Å². The van der Waals surface area contributed by atoms with Gasteiger partial charge >= 0.3 is 0 Å². The zero-order chi connectivity index (χ0) is 17.5. The third-order valence-electron chi connectivity index (χ3n) is 3.01. The van der Waals surface area contributed by atoms with Crippen molar-refractivity contribution >= 4 is 40.9 Å². The van der Waals surface area contributed by atoms with Crippen LogP contribution in [-0.4, -0.2) is 11.8 Å². The Hall–Kier alpha value is -3.10. The minimum atomic E-state index is -0.509. The number of amides is 2. The number of nitriles is 1. The minimum Gasteiger partial charge on any atom is -0.326 e. The fourth-order valence-electron chi connectivity index (χ4n) is 1.91. The lowest BCUT2D eigenvalue weighted by Gasteiger charge is -2.05. The van der Waals surface area contributed by atoms with Crippen LogP contribution in [0.3, 0.4) is 0 Å². The standard InChI is InChI=1S/C18H14ClN3O2/c1-12(23)21-16-6-2-13(3-7-16)10-14(11-20)18(24)22-17-8-4-15(19)5-9-17/h2-10H,1H3,(H,21,23)(H,22,24)/b14-10+. The van der Waals surface area contributed by atoms with Crippen molar-refractivity contribution in [3.05, 3.63) is 64.7 Å². The molecule has 0 atom stereocenters. The van der Waals surface area contributed by atoms with Crippen LogP contribution in [-0.2, 0) is 9.59 Å². The molecular formula is C18H14ClN3O2. The number of hydrogen-bond acceptors (Lipinski definition) is 3. The van der Waals surface area contributed by atoms with Gasteiger partial charge in [-0.2, -0.15) is 5.26 Å². The van der Waals surface area contributed by atoms with E-state index in [-0.39, 0.29) is 11.5 Å². The molecule has 0 heterocycles. The van der Waals surface area contributed by atoms with Crippen LogP contribution in [0.2, 0.25) is 5.02 Å². The molecule has 0 spiro atoms. The van der Waals surface area contributed by atoms with Gasteiger partial charge in [-0.3, -0.25) is 9.59 Å². The summed E-state index contributed by atoms with van der Waals surface area (Å²) in [7, 11) is 0. The average Bonchev–Trinajstić information content (AvgIpc) is 2.55. The van der Waals surface area contributed by atoms with Crippen molar-refractivity contribution in [1.29, 1.82) is 5.26 Å². The first kappa shape index (κ1) is 17.3. The number of carbonyl (C=O) groups is 2. The Kier molecular flexibility index (Phi) is 5.72. The van der Waals surface area contributed by atoms with Crippen LogP contribution >= 0.6 is 11.6 Å². The van der Waals surface area contributed by atoms with E-state index in [4.69, 9.17) is 11.6 Å². The molecule has 5 nitrogen and oxygen atoms in total. The first-order chi connectivity index (χ1) is 11.5. The summed E-state index contributed by atoms with van der Waals surface area (Å²) in [6.07, 6.45) is 1.47. The van der Waals surface area contributed by atoms with Crippen molar-refractivity contribution < 1.29 is 9.59 Å². The Morgan fingerprint density at radius 3 is 2.08 bits per heavy atom. The molecule has 24 heavy (non-hydrogen) atoms. The Labute approximate surface area is 144 Å². The molecule has 0 aliphatic heterocycles. The van der Waals surface area contributed by atoms with E-state index in [2.05, 4.69) is 10.6 Å². The zero-order valence-corrected chi connectivity index (χ0v) is 13.6. The highest BCUT2D eigenvalue weighted by molar-refractivity contribution is 6.30. The van der Waals surface area contributed by atoms with Crippen LogP contribution in [0.25, 0.3) is 6.08 Å². The van der Waals surface area contributed by atoms with E-state index in [1.54, 1.807) is 48.5 Å². The maximum Gasteiger partial charge on any atom is 0.266 e. The molecule has 0 radical (unpaired) electrons. The highest BCUT2D eigenvalue weighted by Crippen LogP contribution is 2.16. The molecule has 120 valence electrons. The number of carbonyl (C=O) groups excluding carboxylic acids is 2. The molecule has 6 heteroatoms. The normalized spacial score (nSPS) is 10.6. The molecule has 0 fully saturated rings. The third kappa shape index (κ3) is 4.97. The van der Waals surface area contributed by atoms with E-state index in [1.807, 2.05) is 6.07 Å². The monoisotopic (exact) mass is 339 g/mol. The Balaban J connectivity index is 2.13. The predicted octanol–water partition coefficient (Wildman–Crippen LogP) is 3.84. The maximum absolute atomic E-state index is 12.2. The van der Waals surface area contributed by atoms with Gasteiger partial charge in [-0.1, -0.05) is 23.7 Å². The third-order valence-corrected chi connectivity index (χ3v) is 3.26. The molecule has 2 amide bonds. The van der Waals surface area contributed by atoms with Gasteiger partial charge in [-0.05, 0) is 48.0 Å². The van der Waals surface area contributed by atoms with Crippen molar-refractivity contribution in [2.24, 2.45) is 0 Å². The number of benzene rings is 2. The summed E-state index contributed by atoms with van der Waals surface area (Å²) in [5, 5.41) is 15.0. The SMILES string of the molecule is CC(=O)Nc1ccc(/C=C(\C#N)C(=O)Nc2ccc(Cl)cc2)cc1. The molecule has 0 bridgehead atoms. The second-order valence-corrected chi connectivity index (χ2v) is 5.37. The first-order valence-corrected chi connectivity index (χ1v) is 7.42. The molecule has 0 aliphatic carbocycles. The summed E-state index contributed by atoms with van der Waals surface area (Å²) >= 11 is 5.79. The van der Waals surface area contributed by atoms with Crippen molar-refractivity contribution in [2.75, 3.05) is 10.6 Å². The van der Waals surface area contributed by atoms with Gasteiger partial charge in [-0.25, -0.2) is 0 Å². The number of anilines is 2. The first-order valence-electron chi connectivity index (χ1n) is 7.04. The fourth-order valence-corrected chi connectivity index (χ4v) is 2.04. The van der Waals surface area contributed by atoms with Crippen LogP contribution in [0, 0.1) is 11.3 Å². The number of hydrogen-bond donors (Lipinski definition) is 2. The zero-order valence-electron chi connectivity index (χ0n) is 12.8. The minimum absolute atomic E-state index is 0.0303. The Bertz CT molecular complexity index is 819. The molecule has 2 aromatic rings. The molecular weight excluding hydrogens is 326 g/mol. The fraction of sp³-hybridized carbons (Fsp3) is 0.0556. The molecule has 2 rings (SSSR count). The van der Waals surface area contributed by atoms with Gasteiger partial charge < -0.3 is 10.6 Å². The van der Waals surface area contributed by atoms with Crippen LogP contribution in [0.1, 0.15) is 12.5 Å². The van der Waals surface area contributed by atoms with Gasteiger partial charge in [0, 0.05) is 23.3 Å². The van der Waals surface area contributed by atoms with Crippen LogP contribution in [0.15, 0.2) is 54.1 Å². The smallest absolute Gasteiger partial charge is 0.266 e. The van der Waals surface area contributed by atoms with Crippen LogP contribution < -0.4 is 10.6 Å². The molecule has 0 aromatic heterocycles. The largest absolute Gasteiger partial charge is 0.326 e. The van der Waals surface area contributed by atoms with Gasteiger partial charge in [0.05, 0.1) is 0 Å². The highest BCUT2D eigenvalue weighted by Gasteiger charge is 2.09. The molecule has 2 N–H and O–H groups in total. The van der Waals surface area contributed by atoms with E-state index < -0.39 is 5.91 Å². The van der Waals surface area contributed by atoms with Crippen LogP contribution in [0.4, 0.5) is 11.4 Å². The number of nitrogens with zero attached hydrogens (tertiary/aromatic N) is 1. The van der Waals surface area contributed by atoms with E-state index in [0.717, 1.165) is 0 Å². The Morgan fingerprint density at radius 2 is 1.54 bits per heavy atom. The molecule has 0 unspecified atom stereocenters. The Morgan fingerprint density at radius 1 is 1.00 bits per heavy atom. The van der Waals surface area contributed by atoms with Crippen molar-refractivity contribution in [3.63, 3.8) is 0 Å². The van der Waals surface area contributed by atoms with Crippen molar-refractivity contribution in [2.45, 2.75) is 6.92 Å². The number of halogens is 1. The summed E-state index contributed by atoms with van der Waals surface area (Å²) < 4.78 is 0.